The highest BCUT2D eigenvalue weighted by Gasteiger charge is 2.20. The van der Waals surface area contributed by atoms with Gasteiger partial charge in [-0.05, 0) is 30.5 Å². The predicted octanol–water partition coefficient (Wildman–Crippen LogP) is 3.80. The van der Waals surface area contributed by atoms with Gasteiger partial charge in [0, 0.05) is 51.1 Å². The lowest BCUT2D eigenvalue weighted by Gasteiger charge is -2.33. The molecule has 1 aromatic heterocycles. The number of hydrogen-bond donors (Lipinski definition) is 2. The quantitative estimate of drug-likeness (QED) is 0.496. The second kappa shape index (κ2) is 9.61. The summed E-state index contributed by atoms with van der Waals surface area (Å²) < 4.78 is 5.89. The third-order valence-corrected chi connectivity index (χ3v) is 5.54. The van der Waals surface area contributed by atoms with Gasteiger partial charge < -0.3 is 15.1 Å². The number of rotatable bonds is 6. The Hall–Kier alpha value is -2.79. The molecule has 0 bridgehead atoms. The Bertz CT molecular complexity index is 893. The fourth-order valence-electron chi connectivity index (χ4n) is 3.93. The van der Waals surface area contributed by atoms with Crippen molar-refractivity contribution in [3.8, 4) is 0 Å². The van der Waals surface area contributed by atoms with Crippen molar-refractivity contribution in [3.63, 3.8) is 0 Å². The highest BCUT2D eigenvalue weighted by molar-refractivity contribution is 5.80. The molecule has 5 nitrogen and oxygen atoms in total. The fourth-order valence-corrected chi connectivity index (χ4v) is 3.93. The van der Waals surface area contributed by atoms with Crippen LogP contribution in [-0.4, -0.2) is 43.6 Å². The zero-order chi connectivity index (χ0) is 19.9. The maximum Gasteiger partial charge on any atom is 0.191 e. The number of nitrogens with zero attached hydrogens (tertiary/aromatic N) is 2. The molecule has 5 heteroatoms. The first-order chi connectivity index (χ1) is 14.3. The van der Waals surface area contributed by atoms with E-state index in [1.54, 1.807) is 0 Å². The maximum atomic E-state index is 5.89. The number of para-hydroxylation sites is 1. The molecule has 0 spiro atoms. The van der Waals surface area contributed by atoms with E-state index >= 15 is 0 Å². The van der Waals surface area contributed by atoms with Gasteiger partial charge >= 0.3 is 0 Å². The van der Waals surface area contributed by atoms with E-state index in [0.29, 0.717) is 6.04 Å². The summed E-state index contributed by atoms with van der Waals surface area (Å²) >= 11 is 0. The standard InChI is InChI=1S/C24H30N4O/c1-25-24(26-14-11-22-17-20-9-5-6-10-23(20)29-22)27-21-12-15-28(16-13-21)18-19-7-3-2-4-8-19/h2-10,17,21H,11-16,18H2,1H3,(H2,25,26,27). The molecule has 4 rings (SSSR count). The highest BCUT2D eigenvalue weighted by Crippen LogP contribution is 2.19. The summed E-state index contributed by atoms with van der Waals surface area (Å²) in [7, 11) is 1.83. The molecule has 152 valence electrons. The Morgan fingerprint density at radius 3 is 2.59 bits per heavy atom. The van der Waals surface area contributed by atoms with Crippen LogP contribution in [0.3, 0.4) is 0 Å². The molecule has 0 amide bonds. The minimum atomic E-state index is 0.472. The van der Waals surface area contributed by atoms with Gasteiger partial charge in [0.2, 0.25) is 0 Å². The van der Waals surface area contributed by atoms with Gasteiger partial charge in [-0.15, -0.1) is 0 Å². The SMILES string of the molecule is CN=C(NCCc1cc2ccccc2o1)NC1CCN(Cc2ccccc2)CC1. The molecule has 0 saturated carbocycles. The molecule has 1 saturated heterocycles. The Balaban J connectivity index is 1.19. The van der Waals surface area contributed by atoms with Crippen molar-refractivity contribution < 1.29 is 4.42 Å². The largest absolute Gasteiger partial charge is 0.461 e. The molecule has 0 atom stereocenters. The summed E-state index contributed by atoms with van der Waals surface area (Å²) in [6, 6.07) is 21.5. The van der Waals surface area contributed by atoms with Gasteiger partial charge in [0.1, 0.15) is 11.3 Å². The van der Waals surface area contributed by atoms with E-state index in [-0.39, 0.29) is 0 Å². The van der Waals surface area contributed by atoms with Crippen LogP contribution in [0, 0.1) is 0 Å². The van der Waals surface area contributed by atoms with Crippen molar-refractivity contribution in [1.29, 1.82) is 0 Å². The fraction of sp³-hybridized carbons (Fsp3) is 0.375. The molecule has 2 heterocycles. The van der Waals surface area contributed by atoms with Crippen LogP contribution < -0.4 is 10.6 Å². The summed E-state index contributed by atoms with van der Waals surface area (Å²) in [5.41, 5.74) is 2.34. The van der Waals surface area contributed by atoms with Crippen molar-refractivity contribution in [2.75, 3.05) is 26.7 Å². The predicted molar refractivity (Wildman–Crippen MR) is 119 cm³/mol. The van der Waals surface area contributed by atoms with Crippen LogP contribution in [0.1, 0.15) is 24.2 Å². The van der Waals surface area contributed by atoms with Crippen LogP contribution in [0.4, 0.5) is 0 Å². The zero-order valence-electron chi connectivity index (χ0n) is 17.1. The van der Waals surface area contributed by atoms with E-state index in [1.165, 1.54) is 5.56 Å². The van der Waals surface area contributed by atoms with E-state index in [4.69, 9.17) is 4.42 Å². The molecule has 0 radical (unpaired) electrons. The van der Waals surface area contributed by atoms with Gasteiger partial charge in [-0.2, -0.15) is 0 Å². The average Bonchev–Trinajstić information content (AvgIpc) is 3.18. The monoisotopic (exact) mass is 390 g/mol. The zero-order valence-corrected chi connectivity index (χ0v) is 17.1. The van der Waals surface area contributed by atoms with Gasteiger partial charge in [0.25, 0.3) is 0 Å². The van der Waals surface area contributed by atoms with Crippen LogP contribution >= 0.6 is 0 Å². The molecule has 29 heavy (non-hydrogen) atoms. The topological polar surface area (TPSA) is 52.8 Å². The normalized spacial score (nSPS) is 16.2. The van der Waals surface area contributed by atoms with Gasteiger partial charge in [0.15, 0.2) is 5.96 Å². The third-order valence-electron chi connectivity index (χ3n) is 5.54. The van der Waals surface area contributed by atoms with Gasteiger partial charge in [-0.1, -0.05) is 48.5 Å². The van der Waals surface area contributed by atoms with Gasteiger partial charge in [-0.25, -0.2) is 0 Å². The first-order valence-electron chi connectivity index (χ1n) is 10.5. The minimum Gasteiger partial charge on any atom is -0.461 e. The summed E-state index contributed by atoms with van der Waals surface area (Å²) in [6.45, 7) is 4.06. The van der Waals surface area contributed by atoms with Crippen LogP contribution in [0.2, 0.25) is 0 Å². The summed E-state index contributed by atoms with van der Waals surface area (Å²) in [5.74, 6) is 1.88. The lowest BCUT2D eigenvalue weighted by atomic mass is 10.0. The highest BCUT2D eigenvalue weighted by atomic mass is 16.3. The van der Waals surface area contributed by atoms with Crippen molar-refractivity contribution in [3.05, 3.63) is 72.0 Å². The second-order valence-electron chi connectivity index (χ2n) is 7.68. The van der Waals surface area contributed by atoms with Gasteiger partial charge in [-0.3, -0.25) is 9.89 Å². The number of furan rings is 1. The van der Waals surface area contributed by atoms with Gasteiger partial charge in [0.05, 0.1) is 0 Å². The summed E-state index contributed by atoms with van der Waals surface area (Å²) in [6.07, 6.45) is 3.11. The van der Waals surface area contributed by atoms with E-state index in [1.807, 2.05) is 25.2 Å². The lowest BCUT2D eigenvalue weighted by Crippen LogP contribution is -2.48. The number of likely N-dealkylation sites (tertiary alicyclic amines) is 1. The molecule has 2 N–H and O–H groups in total. The van der Waals surface area contributed by atoms with Crippen LogP contribution in [-0.2, 0) is 13.0 Å². The van der Waals surface area contributed by atoms with Crippen LogP contribution in [0.15, 0.2) is 70.1 Å². The van der Waals surface area contributed by atoms with Crippen molar-refractivity contribution in [2.45, 2.75) is 31.8 Å². The number of piperidine rings is 1. The van der Waals surface area contributed by atoms with E-state index in [2.05, 4.69) is 63.0 Å². The molecule has 3 aromatic rings. The van der Waals surface area contributed by atoms with Crippen LogP contribution in [0.5, 0.6) is 0 Å². The summed E-state index contributed by atoms with van der Waals surface area (Å²) in [4.78, 5) is 6.93. The maximum absolute atomic E-state index is 5.89. The molecular weight excluding hydrogens is 360 g/mol. The first kappa shape index (κ1) is 19.5. The Kier molecular flexibility index (Phi) is 6.47. The molecular formula is C24H30N4O. The molecule has 2 aromatic carbocycles. The number of benzene rings is 2. The minimum absolute atomic E-state index is 0.472. The van der Waals surface area contributed by atoms with E-state index in [0.717, 1.165) is 68.1 Å². The average molecular weight is 391 g/mol. The number of guanidine groups is 1. The van der Waals surface area contributed by atoms with Crippen molar-refractivity contribution in [1.82, 2.24) is 15.5 Å². The number of nitrogens with one attached hydrogen (secondary N) is 2. The molecule has 1 fully saturated rings. The van der Waals surface area contributed by atoms with E-state index in [9.17, 15) is 0 Å². The first-order valence-corrected chi connectivity index (χ1v) is 10.5. The van der Waals surface area contributed by atoms with Crippen LogP contribution in [0.25, 0.3) is 11.0 Å². The number of fused-ring (bicyclic) bond motifs is 1. The lowest BCUT2D eigenvalue weighted by molar-refractivity contribution is 0.198. The Morgan fingerprint density at radius 1 is 1.07 bits per heavy atom. The molecule has 1 aliphatic heterocycles. The van der Waals surface area contributed by atoms with Crippen molar-refractivity contribution in [2.24, 2.45) is 4.99 Å². The molecule has 0 aliphatic carbocycles. The number of aliphatic imine (C=N–C) groups is 1. The second-order valence-corrected chi connectivity index (χ2v) is 7.68. The summed E-state index contributed by atoms with van der Waals surface area (Å²) in [5, 5.41) is 8.17. The smallest absolute Gasteiger partial charge is 0.191 e. The molecule has 0 unspecified atom stereocenters. The number of hydrogen-bond acceptors (Lipinski definition) is 3. The molecule has 1 aliphatic rings. The Labute approximate surface area is 172 Å². The van der Waals surface area contributed by atoms with Crippen molar-refractivity contribution >= 4 is 16.9 Å². The third kappa shape index (κ3) is 5.39. The van der Waals surface area contributed by atoms with E-state index < -0.39 is 0 Å². The Morgan fingerprint density at radius 2 is 1.83 bits per heavy atom.